The molecule has 0 spiro atoms. The van der Waals surface area contributed by atoms with Crippen molar-refractivity contribution >= 4 is 22.8 Å². The molecule has 2 heterocycles. The van der Waals surface area contributed by atoms with Gasteiger partial charge in [-0.05, 0) is 65.8 Å². The number of carbonyl (C=O) groups excluding carboxylic acids is 2. The lowest BCUT2D eigenvalue weighted by molar-refractivity contribution is 0.0695. The van der Waals surface area contributed by atoms with Crippen LogP contribution in [-0.4, -0.2) is 43.0 Å². The minimum atomic E-state index is -0.148. The van der Waals surface area contributed by atoms with Crippen molar-refractivity contribution in [1.82, 2.24) is 10.2 Å². The van der Waals surface area contributed by atoms with Crippen molar-refractivity contribution in [3.63, 3.8) is 0 Å². The van der Waals surface area contributed by atoms with Gasteiger partial charge in [-0.3, -0.25) is 9.59 Å². The van der Waals surface area contributed by atoms with Crippen LogP contribution >= 0.6 is 0 Å². The van der Waals surface area contributed by atoms with E-state index in [4.69, 9.17) is 9.15 Å². The van der Waals surface area contributed by atoms with Gasteiger partial charge >= 0.3 is 0 Å². The average molecular weight is 467 g/mol. The van der Waals surface area contributed by atoms with Crippen molar-refractivity contribution in [2.24, 2.45) is 11.8 Å². The molecule has 1 N–H and O–H groups in total. The molecule has 1 aliphatic carbocycles. The van der Waals surface area contributed by atoms with E-state index in [0.29, 0.717) is 35.1 Å². The molecule has 0 bridgehead atoms. The summed E-state index contributed by atoms with van der Waals surface area (Å²) < 4.78 is 10.8. The number of piperidine rings is 1. The molecule has 1 aliphatic heterocycles. The third-order valence-corrected chi connectivity index (χ3v) is 7.31. The summed E-state index contributed by atoms with van der Waals surface area (Å²) in [6.45, 7) is 1.16. The molecule has 1 saturated heterocycles. The Morgan fingerprint density at radius 1 is 1.03 bits per heavy atom. The van der Waals surface area contributed by atoms with Crippen LogP contribution in [0.3, 0.4) is 0 Å². The summed E-state index contributed by atoms with van der Waals surface area (Å²) in [5.74, 6) is 1.56. The van der Waals surface area contributed by atoms with E-state index in [1.165, 1.54) is 0 Å². The van der Waals surface area contributed by atoms with Crippen LogP contribution in [0.15, 0.2) is 83.5 Å². The Kier molecular flexibility index (Phi) is 5.29. The Hall–Kier alpha value is -4.06. The molecule has 6 heteroatoms. The quantitative estimate of drug-likeness (QED) is 0.434. The van der Waals surface area contributed by atoms with Gasteiger partial charge in [0.15, 0.2) is 0 Å². The number of nitrogens with zero attached hydrogens (tertiary/aromatic N) is 1. The summed E-state index contributed by atoms with van der Waals surface area (Å²) >= 11 is 0. The molecule has 3 atom stereocenters. The molecule has 0 radical (unpaired) electrons. The molecular weight excluding hydrogens is 440 g/mol. The van der Waals surface area contributed by atoms with Gasteiger partial charge in [-0.2, -0.15) is 0 Å². The fraction of sp³-hybridized carbons (Fsp3) is 0.241. The number of ether oxygens (including phenoxy) is 1. The van der Waals surface area contributed by atoms with Crippen molar-refractivity contribution in [2.45, 2.75) is 12.5 Å². The molecule has 35 heavy (non-hydrogen) atoms. The summed E-state index contributed by atoms with van der Waals surface area (Å²) in [5, 5.41) is 3.88. The summed E-state index contributed by atoms with van der Waals surface area (Å²) in [6, 6.07) is 22.7. The number of fused-ring (bicyclic) bond motifs is 2. The van der Waals surface area contributed by atoms with Crippen molar-refractivity contribution in [3.8, 4) is 16.9 Å². The zero-order chi connectivity index (χ0) is 23.9. The first-order valence-electron chi connectivity index (χ1n) is 11.9. The van der Waals surface area contributed by atoms with Gasteiger partial charge in [0.2, 0.25) is 0 Å². The van der Waals surface area contributed by atoms with Gasteiger partial charge in [0, 0.05) is 24.0 Å². The second-order valence-corrected chi connectivity index (χ2v) is 9.31. The number of benzene rings is 3. The average Bonchev–Trinajstić information content (AvgIpc) is 3.33. The van der Waals surface area contributed by atoms with Crippen LogP contribution in [-0.2, 0) is 0 Å². The molecular formula is C29H26N2O4. The minimum absolute atomic E-state index is 0.00630. The number of likely N-dealkylation sites (tertiary alicyclic amines) is 1. The Morgan fingerprint density at radius 2 is 1.86 bits per heavy atom. The first-order valence-corrected chi connectivity index (χ1v) is 11.9. The summed E-state index contributed by atoms with van der Waals surface area (Å²) in [4.78, 5) is 28.8. The van der Waals surface area contributed by atoms with Crippen LogP contribution in [0.1, 0.15) is 27.1 Å². The van der Waals surface area contributed by atoms with E-state index in [1.54, 1.807) is 19.4 Å². The predicted octanol–water partition coefficient (Wildman–Crippen LogP) is 5.00. The van der Waals surface area contributed by atoms with Crippen molar-refractivity contribution in [2.75, 3.05) is 20.2 Å². The molecule has 2 aliphatic rings. The van der Waals surface area contributed by atoms with Crippen LogP contribution in [0.5, 0.6) is 5.75 Å². The van der Waals surface area contributed by atoms with Crippen LogP contribution in [0.25, 0.3) is 22.1 Å². The standard InChI is InChI=1S/C29H26N2O4/c1-34-20-7-4-6-18(14-20)21-8-2-3-9-24(21)29(33)31-17-19-15-25(19)26(31)16-30-28(32)23-10-5-11-27-22(23)12-13-35-27/h2-14,19,25-26H,15-17H2,1H3,(H,30,32)/t19-,25-,26-/m1/s1. The molecule has 6 rings (SSSR count). The summed E-state index contributed by atoms with van der Waals surface area (Å²) in [7, 11) is 1.64. The van der Waals surface area contributed by atoms with E-state index in [0.717, 1.165) is 35.2 Å². The van der Waals surface area contributed by atoms with Crippen molar-refractivity contribution < 1.29 is 18.7 Å². The summed E-state index contributed by atoms with van der Waals surface area (Å²) in [6.07, 6.45) is 2.70. The number of nitrogens with one attached hydrogen (secondary N) is 1. The van der Waals surface area contributed by atoms with E-state index in [9.17, 15) is 9.59 Å². The maximum atomic E-state index is 13.8. The number of hydrogen-bond acceptors (Lipinski definition) is 4. The molecule has 4 aromatic rings. The number of amides is 2. The van der Waals surface area contributed by atoms with Gasteiger partial charge in [-0.1, -0.05) is 36.4 Å². The van der Waals surface area contributed by atoms with Gasteiger partial charge in [0.25, 0.3) is 11.8 Å². The Morgan fingerprint density at radius 3 is 2.74 bits per heavy atom. The molecule has 3 aromatic carbocycles. The van der Waals surface area contributed by atoms with Gasteiger partial charge in [-0.25, -0.2) is 0 Å². The van der Waals surface area contributed by atoms with Gasteiger partial charge in [0.05, 0.1) is 25.0 Å². The molecule has 6 nitrogen and oxygen atoms in total. The smallest absolute Gasteiger partial charge is 0.254 e. The summed E-state index contributed by atoms with van der Waals surface area (Å²) in [5.41, 5.74) is 3.76. The van der Waals surface area contributed by atoms with Gasteiger partial charge < -0.3 is 19.4 Å². The van der Waals surface area contributed by atoms with E-state index < -0.39 is 0 Å². The number of carbonyl (C=O) groups is 2. The van der Waals surface area contributed by atoms with E-state index in [2.05, 4.69) is 5.32 Å². The van der Waals surface area contributed by atoms with Gasteiger partial charge in [-0.15, -0.1) is 0 Å². The third kappa shape index (κ3) is 3.85. The van der Waals surface area contributed by atoms with E-state index >= 15 is 0 Å². The first-order chi connectivity index (χ1) is 17.1. The minimum Gasteiger partial charge on any atom is -0.497 e. The molecule has 2 amide bonds. The maximum Gasteiger partial charge on any atom is 0.254 e. The number of rotatable bonds is 6. The van der Waals surface area contributed by atoms with Crippen LogP contribution in [0.4, 0.5) is 0 Å². The lowest BCUT2D eigenvalue weighted by Gasteiger charge is -2.29. The SMILES string of the molecule is COc1cccc(-c2ccccc2C(=O)N2C[C@H]3C[C@H]3[C@H]2CNC(=O)c2cccc3occc23)c1. The highest BCUT2D eigenvalue weighted by molar-refractivity contribution is 6.06. The Balaban J connectivity index is 1.23. The normalized spacial score (nSPS) is 20.5. The van der Waals surface area contributed by atoms with Crippen molar-refractivity contribution in [3.05, 3.63) is 90.2 Å². The van der Waals surface area contributed by atoms with E-state index in [-0.39, 0.29) is 17.9 Å². The third-order valence-electron chi connectivity index (χ3n) is 7.31. The topological polar surface area (TPSA) is 71.8 Å². The molecule has 1 saturated carbocycles. The first kappa shape index (κ1) is 21.5. The second-order valence-electron chi connectivity index (χ2n) is 9.31. The van der Waals surface area contributed by atoms with Crippen molar-refractivity contribution in [1.29, 1.82) is 0 Å². The highest BCUT2D eigenvalue weighted by Crippen LogP contribution is 2.50. The van der Waals surface area contributed by atoms with E-state index in [1.807, 2.05) is 71.6 Å². The molecule has 176 valence electrons. The lowest BCUT2D eigenvalue weighted by Crippen LogP contribution is -2.45. The zero-order valence-corrected chi connectivity index (χ0v) is 19.4. The maximum absolute atomic E-state index is 13.8. The van der Waals surface area contributed by atoms with Gasteiger partial charge in [0.1, 0.15) is 11.3 Å². The zero-order valence-electron chi connectivity index (χ0n) is 19.4. The lowest BCUT2D eigenvalue weighted by atomic mass is 9.98. The number of methoxy groups -OCH3 is 1. The fourth-order valence-electron chi connectivity index (χ4n) is 5.42. The Bertz CT molecular complexity index is 1420. The predicted molar refractivity (Wildman–Crippen MR) is 133 cm³/mol. The van der Waals surface area contributed by atoms with Crippen LogP contribution < -0.4 is 10.1 Å². The largest absolute Gasteiger partial charge is 0.497 e. The molecule has 0 unspecified atom stereocenters. The monoisotopic (exact) mass is 466 g/mol. The fourth-order valence-corrected chi connectivity index (χ4v) is 5.42. The van der Waals surface area contributed by atoms with Crippen LogP contribution in [0.2, 0.25) is 0 Å². The number of furan rings is 1. The number of hydrogen-bond donors (Lipinski definition) is 1. The van der Waals surface area contributed by atoms with Crippen LogP contribution in [0, 0.1) is 11.8 Å². The molecule has 2 fully saturated rings. The second kappa shape index (κ2) is 8.62. The Labute approximate surface area is 203 Å². The molecule has 1 aromatic heterocycles. The highest BCUT2D eigenvalue weighted by Gasteiger charge is 2.54. The highest BCUT2D eigenvalue weighted by atomic mass is 16.5.